The van der Waals surface area contributed by atoms with E-state index in [9.17, 15) is 58.2 Å². The van der Waals surface area contributed by atoms with Crippen molar-refractivity contribution < 1.29 is 101 Å². The highest BCUT2D eigenvalue weighted by molar-refractivity contribution is 5.92. The Morgan fingerprint density at radius 1 is 0.759 bits per heavy atom. The van der Waals surface area contributed by atoms with E-state index in [0.29, 0.717) is 31.4 Å². The zero-order valence-corrected chi connectivity index (χ0v) is 52.7. The summed E-state index contributed by atoms with van der Waals surface area (Å²) in [6.07, 6.45) is -10.7. The van der Waals surface area contributed by atoms with Crippen LogP contribution in [0.15, 0.2) is 48.5 Å². The monoisotopic (exact) mass is 1230 g/mol. The second-order valence-electron chi connectivity index (χ2n) is 22.8. The Kier molecular flexibility index (Phi) is 27.4. The molecule has 484 valence electrons. The molecule has 4 N–H and O–H groups in total. The van der Waals surface area contributed by atoms with E-state index in [-0.39, 0.29) is 29.7 Å². The average Bonchev–Trinajstić information content (AvgIpc) is 4.22. The van der Waals surface area contributed by atoms with Crippen LogP contribution < -0.4 is 15.4 Å². The molecule has 0 aliphatic carbocycles. The summed E-state index contributed by atoms with van der Waals surface area (Å²) in [5.74, 6) is -9.63. The minimum Gasteiger partial charge on any atom is -0.478 e. The van der Waals surface area contributed by atoms with Crippen LogP contribution in [0, 0.1) is 23.7 Å². The first-order chi connectivity index (χ1) is 40.9. The fourth-order valence-electron chi connectivity index (χ4n) is 11.2. The van der Waals surface area contributed by atoms with Gasteiger partial charge in [0.2, 0.25) is 36.0 Å². The SMILES string of the molecule is CCC(C)[C@@H](C(CC(=O)N1CCC[C@H]1[C@H](OC)[C@@H](C)C(=O)N[C@H](C)C(O)c1ccccc1)OC)N(C)C(=O)[C@@H](NC(=O)[C@H](C(C)C)N(C)C(=O)OCc1ccc(OC2OC(C(=O)OC)[C@@H](OC(C)=O)C(OC(C)=O)[C@H]2OC(C)=O)c(C(=O)O)c1)C(C)C. The molecule has 6 unspecified atom stereocenters. The van der Waals surface area contributed by atoms with E-state index in [1.165, 1.54) is 32.2 Å². The van der Waals surface area contributed by atoms with Gasteiger partial charge in [-0.15, -0.1) is 0 Å². The number of amides is 5. The molecule has 0 saturated carbocycles. The van der Waals surface area contributed by atoms with E-state index in [2.05, 4.69) is 10.6 Å². The molecule has 26 nitrogen and oxygen atoms in total. The third kappa shape index (κ3) is 18.8. The van der Waals surface area contributed by atoms with Gasteiger partial charge in [0.1, 0.15) is 30.0 Å². The van der Waals surface area contributed by atoms with Crippen molar-refractivity contribution in [3.05, 3.63) is 65.2 Å². The first kappa shape index (κ1) is 72.1. The van der Waals surface area contributed by atoms with E-state index in [1.807, 2.05) is 19.9 Å². The minimum atomic E-state index is -1.88. The fraction of sp³-hybridized carbons (Fsp3) is 0.639. The van der Waals surface area contributed by atoms with Gasteiger partial charge in [0.15, 0.2) is 18.3 Å². The lowest BCUT2D eigenvalue weighted by atomic mass is 9.89. The standard InChI is InChI=1S/C61H89N5O21/c1-17-33(6)48(44(79-14)29-45(70)66-27-21-24-42(66)50(80-15)34(7)55(72)62-35(8)49(71)40-22-19-18-20-23-40)64(12)57(74)46(31(2)3)63-56(73)47(32(4)5)65(13)61(78)82-30-39-25-26-43(41(28-39)58(75)76)86-60-54(85-38(11)69)52(84-37(10)68)51(83-36(9)67)53(87-60)59(77)81-16/h18-20,22-23,25-26,28,31-35,42,44,46-54,60,71H,17,21,24,27,29-30H2,1-16H3,(H,62,72)(H,63,73)(H,75,76)/t33?,34-,35-,42+,44?,46+,47+,48+,49?,50-,51+,52?,53?,54-,60?/m1/s1. The van der Waals surface area contributed by atoms with Crippen molar-refractivity contribution >= 4 is 59.6 Å². The molecule has 4 rings (SSSR count). The van der Waals surface area contributed by atoms with Gasteiger partial charge in [0, 0.05) is 55.6 Å². The van der Waals surface area contributed by atoms with E-state index < -0.39 is 163 Å². The van der Waals surface area contributed by atoms with Crippen molar-refractivity contribution in [2.45, 2.75) is 188 Å². The summed E-state index contributed by atoms with van der Waals surface area (Å²) in [7, 11) is 6.89. The van der Waals surface area contributed by atoms with Gasteiger partial charge in [0.05, 0.1) is 55.9 Å². The van der Waals surface area contributed by atoms with Gasteiger partial charge in [-0.3, -0.25) is 38.5 Å². The van der Waals surface area contributed by atoms with Crippen molar-refractivity contribution in [3.8, 4) is 5.75 Å². The molecule has 2 aromatic rings. The molecule has 2 aromatic carbocycles. The Bertz CT molecular complexity index is 2710. The number of aliphatic hydroxyl groups is 1. The molecule has 87 heavy (non-hydrogen) atoms. The quantitative estimate of drug-likeness (QED) is 0.0650. The smallest absolute Gasteiger partial charge is 0.410 e. The Balaban J connectivity index is 1.50. The number of esters is 4. The summed E-state index contributed by atoms with van der Waals surface area (Å²) < 4.78 is 50.1. The lowest BCUT2D eigenvalue weighted by Crippen LogP contribution is -2.64. The third-order valence-electron chi connectivity index (χ3n) is 15.8. The largest absolute Gasteiger partial charge is 0.478 e. The van der Waals surface area contributed by atoms with E-state index in [4.69, 9.17) is 42.6 Å². The van der Waals surface area contributed by atoms with Crippen LogP contribution in [-0.4, -0.2) is 200 Å². The Morgan fingerprint density at radius 2 is 1.37 bits per heavy atom. The van der Waals surface area contributed by atoms with E-state index in [0.717, 1.165) is 44.9 Å². The number of carbonyl (C=O) groups excluding carboxylic acids is 9. The molecule has 0 aromatic heterocycles. The Labute approximate surface area is 508 Å². The highest BCUT2D eigenvalue weighted by Crippen LogP contribution is 2.34. The molecular weight excluding hydrogens is 1140 g/mol. The number of carbonyl (C=O) groups is 10. The van der Waals surface area contributed by atoms with Gasteiger partial charge in [-0.05, 0) is 60.8 Å². The van der Waals surface area contributed by atoms with Crippen molar-refractivity contribution in [2.75, 3.05) is 42.0 Å². The number of likely N-dealkylation sites (tertiary alicyclic amines) is 1. The van der Waals surface area contributed by atoms with E-state index >= 15 is 0 Å². The van der Waals surface area contributed by atoms with E-state index in [1.54, 1.807) is 77.8 Å². The summed E-state index contributed by atoms with van der Waals surface area (Å²) in [4.78, 5) is 138. The average molecular weight is 1230 g/mol. The maximum Gasteiger partial charge on any atom is 0.410 e. The molecule has 2 heterocycles. The summed E-state index contributed by atoms with van der Waals surface area (Å²) in [5.41, 5.74) is 0.239. The normalized spacial score (nSPS) is 21.5. The number of nitrogens with one attached hydrogen (secondary N) is 2. The van der Waals surface area contributed by atoms with Crippen molar-refractivity contribution in [3.63, 3.8) is 0 Å². The lowest BCUT2D eigenvalue weighted by molar-refractivity contribution is -0.282. The summed E-state index contributed by atoms with van der Waals surface area (Å²) in [6.45, 7) is 17.1. The predicted octanol–water partition coefficient (Wildman–Crippen LogP) is 4.35. The number of methoxy groups -OCH3 is 3. The van der Waals surface area contributed by atoms with Gasteiger partial charge in [0.25, 0.3) is 0 Å². The fourth-order valence-corrected chi connectivity index (χ4v) is 11.2. The number of aromatic carboxylic acids is 1. The Hall–Kier alpha value is -7.42. The molecule has 0 bridgehead atoms. The maximum atomic E-state index is 14.8. The van der Waals surface area contributed by atoms with Gasteiger partial charge in [-0.25, -0.2) is 14.4 Å². The topological polar surface area (TPSA) is 328 Å². The highest BCUT2D eigenvalue weighted by Gasteiger charge is 2.56. The number of nitrogens with zero attached hydrogens (tertiary/aromatic N) is 3. The van der Waals surface area contributed by atoms with Crippen LogP contribution in [-0.2, 0) is 82.9 Å². The van der Waals surface area contributed by atoms with Crippen LogP contribution >= 0.6 is 0 Å². The molecule has 2 saturated heterocycles. The molecule has 2 fully saturated rings. The van der Waals surface area contributed by atoms with Crippen molar-refractivity contribution in [2.24, 2.45) is 23.7 Å². The lowest BCUT2D eigenvalue weighted by Gasteiger charge is -2.43. The van der Waals surface area contributed by atoms with Crippen LogP contribution in [0.25, 0.3) is 0 Å². The van der Waals surface area contributed by atoms with Gasteiger partial charge >= 0.3 is 35.9 Å². The number of benzene rings is 2. The van der Waals surface area contributed by atoms with Gasteiger partial charge in [-0.1, -0.05) is 91.3 Å². The van der Waals surface area contributed by atoms with Crippen molar-refractivity contribution in [1.82, 2.24) is 25.3 Å². The van der Waals surface area contributed by atoms with Crippen LogP contribution in [0.5, 0.6) is 5.75 Å². The predicted molar refractivity (Wildman–Crippen MR) is 310 cm³/mol. The van der Waals surface area contributed by atoms with Crippen LogP contribution in [0.1, 0.15) is 129 Å². The molecule has 5 amide bonds. The van der Waals surface area contributed by atoms with Crippen LogP contribution in [0.2, 0.25) is 0 Å². The molecule has 0 spiro atoms. The summed E-state index contributed by atoms with van der Waals surface area (Å²) in [5, 5.41) is 27.1. The molecule has 0 radical (unpaired) electrons. The van der Waals surface area contributed by atoms with Gasteiger partial charge in [-0.2, -0.15) is 0 Å². The summed E-state index contributed by atoms with van der Waals surface area (Å²) in [6, 6.07) is 8.50. The van der Waals surface area contributed by atoms with Crippen molar-refractivity contribution in [1.29, 1.82) is 0 Å². The molecule has 26 heteroatoms. The highest BCUT2D eigenvalue weighted by atomic mass is 16.7. The number of aliphatic hydroxyl groups excluding tert-OH is 1. The number of likely N-dealkylation sites (N-methyl/N-ethyl adjacent to an activating group) is 2. The zero-order chi connectivity index (χ0) is 65.3. The number of rotatable bonds is 29. The Morgan fingerprint density at radius 3 is 1.91 bits per heavy atom. The van der Waals surface area contributed by atoms with Crippen LogP contribution in [0.3, 0.4) is 0 Å². The molecule has 15 atom stereocenters. The third-order valence-corrected chi connectivity index (χ3v) is 15.8. The first-order valence-corrected chi connectivity index (χ1v) is 29.1. The number of ether oxygens (including phenoxy) is 9. The minimum absolute atomic E-state index is 0.120. The summed E-state index contributed by atoms with van der Waals surface area (Å²) >= 11 is 0. The molecule has 2 aliphatic rings. The number of hydrogen-bond donors (Lipinski definition) is 4. The molecular formula is C61H89N5O21. The number of carboxylic acid groups (broad SMARTS) is 1. The maximum absolute atomic E-state index is 14.8. The number of carboxylic acids is 1. The second kappa shape index (κ2) is 33.1. The molecule has 2 aliphatic heterocycles. The first-order valence-electron chi connectivity index (χ1n) is 29.1. The number of hydrogen-bond acceptors (Lipinski definition) is 20. The van der Waals surface area contributed by atoms with Crippen LogP contribution in [0.4, 0.5) is 4.79 Å². The zero-order valence-electron chi connectivity index (χ0n) is 52.7. The van der Waals surface area contributed by atoms with Gasteiger partial charge < -0.3 is 73.3 Å². The second-order valence-corrected chi connectivity index (χ2v) is 22.8.